The number of likely N-dealkylation sites (N-methyl/N-ethyl adjacent to an activating group) is 1. The number of hydrogen-bond acceptors (Lipinski definition) is 2. The number of benzene rings is 1. The molecule has 1 saturated heterocycles. The van der Waals surface area contributed by atoms with Gasteiger partial charge in [0.25, 0.3) is 0 Å². The van der Waals surface area contributed by atoms with Crippen molar-refractivity contribution in [3.63, 3.8) is 0 Å². The van der Waals surface area contributed by atoms with Crippen molar-refractivity contribution in [1.82, 2.24) is 4.90 Å². The van der Waals surface area contributed by atoms with E-state index in [0.29, 0.717) is 5.88 Å². The monoisotopic (exact) mass is 286 g/mol. The van der Waals surface area contributed by atoms with Crippen molar-refractivity contribution in [1.29, 1.82) is 0 Å². The lowest BCUT2D eigenvalue weighted by molar-refractivity contribution is 0.139. The molecule has 0 N–H and O–H groups in total. The van der Waals surface area contributed by atoms with Crippen LogP contribution in [0.25, 0.3) is 0 Å². The second-order valence-corrected chi connectivity index (χ2v) is 6.25. The summed E-state index contributed by atoms with van der Waals surface area (Å²) in [6, 6.07) is 6.11. The Morgan fingerprint density at radius 3 is 2.56 bits per heavy atom. The highest BCUT2D eigenvalue weighted by atomic mass is 35.5. The van der Waals surface area contributed by atoms with Crippen molar-refractivity contribution < 1.29 is 0 Å². The minimum absolute atomic E-state index is 0.173. The van der Waals surface area contributed by atoms with Crippen LogP contribution in [-0.2, 0) is 5.88 Å². The highest BCUT2D eigenvalue weighted by Crippen LogP contribution is 2.31. The van der Waals surface area contributed by atoms with Crippen LogP contribution in [0.15, 0.2) is 18.2 Å². The Kier molecular flexibility index (Phi) is 4.10. The Hall–Kier alpha value is -0.440. The summed E-state index contributed by atoms with van der Waals surface area (Å²) in [5.41, 5.74) is 2.36. The number of nitrogens with zero attached hydrogens (tertiary/aromatic N) is 2. The number of halogens is 2. The number of alkyl halides is 1. The van der Waals surface area contributed by atoms with Gasteiger partial charge in [0, 0.05) is 31.1 Å². The zero-order valence-corrected chi connectivity index (χ0v) is 12.7. The molecule has 0 spiro atoms. The van der Waals surface area contributed by atoms with Gasteiger partial charge in [0.15, 0.2) is 0 Å². The van der Waals surface area contributed by atoms with E-state index in [9.17, 15) is 0 Å². The van der Waals surface area contributed by atoms with Crippen LogP contribution in [0.3, 0.4) is 0 Å². The SMILES string of the molecule is CN1CCN(c2ccc(CCl)cc2Cl)CC1(C)C. The summed E-state index contributed by atoms with van der Waals surface area (Å²) in [5.74, 6) is 0.508. The fraction of sp³-hybridized carbons (Fsp3) is 0.571. The third-order valence-electron chi connectivity index (χ3n) is 3.82. The van der Waals surface area contributed by atoms with Crippen LogP contribution < -0.4 is 4.90 Å². The Bertz CT molecular complexity index is 432. The topological polar surface area (TPSA) is 6.48 Å². The molecule has 0 aromatic heterocycles. The maximum atomic E-state index is 6.36. The standard InChI is InChI=1S/C14H20Cl2N2/c1-14(2)10-18(7-6-17(14)3)13-5-4-11(9-15)8-12(13)16/h4-5,8H,6-7,9-10H2,1-3H3. The van der Waals surface area contributed by atoms with E-state index in [0.717, 1.165) is 35.9 Å². The highest BCUT2D eigenvalue weighted by molar-refractivity contribution is 6.33. The first-order valence-corrected chi connectivity index (χ1v) is 7.16. The molecule has 0 unspecified atom stereocenters. The molecule has 4 heteroatoms. The normalized spacial score (nSPS) is 20.2. The predicted molar refractivity (Wildman–Crippen MR) is 79.9 cm³/mol. The molecule has 1 fully saturated rings. The average Bonchev–Trinajstić information content (AvgIpc) is 2.32. The lowest BCUT2D eigenvalue weighted by Gasteiger charge is -2.46. The van der Waals surface area contributed by atoms with Gasteiger partial charge >= 0.3 is 0 Å². The second kappa shape index (κ2) is 5.28. The summed E-state index contributed by atoms with van der Waals surface area (Å²) in [6.45, 7) is 7.59. The quantitative estimate of drug-likeness (QED) is 0.767. The van der Waals surface area contributed by atoms with E-state index in [-0.39, 0.29) is 5.54 Å². The van der Waals surface area contributed by atoms with Gasteiger partial charge in [-0.05, 0) is 38.6 Å². The van der Waals surface area contributed by atoms with Gasteiger partial charge < -0.3 is 4.90 Å². The molecule has 1 heterocycles. The van der Waals surface area contributed by atoms with Crippen LogP contribution in [0, 0.1) is 0 Å². The van der Waals surface area contributed by atoms with Gasteiger partial charge in [-0.2, -0.15) is 0 Å². The van der Waals surface area contributed by atoms with Gasteiger partial charge in [0.2, 0.25) is 0 Å². The van der Waals surface area contributed by atoms with Crippen molar-refractivity contribution in [3.05, 3.63) is 28.8 Å². The van der Waals surface area contributed by atoms with Gasteiger partial charge in [-0.3, -0.25) is 4.90 Å². The number of hydrogen-bond donors (Lipinski definition) is 0. The molecular weight excluding hydrogens is 267 g/mol. The lowest BCUT2D eigenvalue weighted by Crippen LogP contribution is -2.57. The van der Waals surface area contributed by atoms with Crippen LogP contribution in [0.4, 0.5) is 5.69 Å². The number of piperazine rings is 1. The molecule has 1 aliphatic rings. The largest absolute Gasteiger partial charge is 0.367 e. The molecule has 1 aromatic carbocycles. The van der Waals surface area contributed by atoms with E-state index >= 15 is 0 Å². The molecule has 18 heavy (non-hydrogen) atoms. The Morgan fingerprint density at radius 1 is 1.28 bits per heavy atom. The molecule has 2 nitrogen and oxygen atoms in total. The number of rotatable bonds is 2. The molecule has 0 saturated carbocycles. The number of anilines is 1. The molecule has 1 aliphatic heterocycles. The summed E-state index contributed by atoms with van der Waals surface area (Å²) in [6.07, 6.45) is 0. The Labute approximate surface area is 119 Å². The molecule has 1 aromatic rings. The molecule has 0 amide bonds. The van der Waals surface area contributed by atoms with E-state index in [2.05, 4.69) is 42.8 Å². The fourth-order valence-electron chi connectivity index (χ4n) is 2.34. The molecule has 0 bridgehead atoms. The molecule has 0 aliphatic carbocycles. The van der Waals surface area contributed by atoms with E-state index in [4.69, 9.17) is 23.2 Å². The maximum absolute atomic E-state index is 6.36. The predicted octanol–water partition coefficient (Wildman–Crippen LogP) is 3.61. The van der Waals surface area contributed by atoms with Gasteiger partial charge in [-0.25, -0.2) is 0 Å². The first kappa shape index (κ1) is 14.0. The fourth-order valence-corrected chi connectivity index (χ4v) is 2.82. The second-order valence-electron chi connectivity index (χ2n) is 5.57. The van der Waals surface area contributed by atoms with Crippen LogP contribution in [0.2, 0.25) is 5.02 Å². The first-order chi connectivity index (χ1) is 8.44. The summed E-state index contributed by atoms with van der Waals surface area (Å²) < 4.78 is 0. The minimum atomic E-state index is 0.173. The van der Waals surface area contributed by atoms with Crippen molar-refractivity contribution in [2.75, 3.05) is 31.6 Å². The van der Waals surface area contributed by atoms with E-state index in [1.807, 2.05) is 6.07 Å². The third-order valence-corrected chi connectivity index (χ3v) is 4.43. The maximum Gasteiger partial charge on any atom is 0.0642 e. The van der Waals surface area contributed by atoms with Crippen LogP contribution in [0.5, 0.6) is 0 Å². The summed E-state index contributed by atoms with van der Waals surface area (Å²) in [5, 5.41) is 0.800. The van der Waals surface area contributed by atoms with Gasteiger partial charge in [0.05, 0.1) is 10.7 Å². The summed E-state index contributed by atoms with van der Waals surface area (Å²) in [7, 11) is 2.18. The van der Waals surface area contributed by atoms with Gasteiger partial charge in [0.1, 0.15) is 0 Å². The van der Waals surface area contributed by atoms with E-state index in [1.54, 1.807) is 0 Å². The van der Waals surface area contributed by atoms with Crippen molar-refractivity contribution in [2.45, 2.75) is 25.3 Å². The summed E-state index contributed by atoms with van der Waals surface area (Å²) in [4.78, 5) is 4.75. The van der Waals surface area contributed by atoms with Crippen LogP contribution >= 0.6 is 23.2 Å². The average molecular weight is 287 g/mol. The third kappa shape index (κ3) is 2.76. The van der Waals surface area contributed by atoms with Crippen molar-refractivity contribution in [3.8, 4) is 0 Å². The molecule has 100 valence electrons. The molecule has 0 radical (unpaired) electrons. The minimum Gasteiger partial charge on any atom is -0.367 e. The lowest BCUT2D eigenvalue weighted by atomic mass is 9.99. The first-order valence-electron chi connectivity index (χ1n) is 6.24. The van der Waals surface area contributed by atoms with E-state index in [1.165, 1.54) is 0 Å². The highest BCUT2D eigenvalue weighted by Gasteiger charge is 2.31. The van der Waals surface area contributed by atoms with Crippen LogP contribution in [-0.4, -0.2) is 37.1 Å². The Balaban J connectivity index is 2.22. The van der Waals surface area contributed by atoms with E-state index < -0.39 is 0 Å². The van der Waals surface area contributed by atoms with Crippen molar-refractivity contribution >= 4 is 28.9 Å². The zero-order valence-electron chi connectivity index (χ0n) is 11.2. The zero-order chi connectivity index (χ0) is 13.3. The van der Waals surface area contributed by atoms with Crippen molar-refractivity contribution in [2.24, 2.45) is 0 Å². The summed E-state index contributed by atoms with van der Waals surface area (Å²) >= 11 is 12.2. The molecular formula is C14H20Cl2N2. The smallest absolute Gasteiger partial charge is 0.0642 e. The van der Waals surface area contributed by atoms with Crippen LogP contribution in [0.1, 0.15) is 19.4 Å². The van der Waals surface area contributed by atoms with Gasteiger partial charge in [-0.15, -0.1) is 11.6 Å². The molecule has 0 atom stereocenters. The van der Waals surface area contributed by atoms with Gasteiger partial charge in [-0.1, -0.05) is 17.7 Å². The Morgan fingerprint density at radius 2 is 2.00 bits per heavy atom. The molecule has 2 rings (SSSR count).